The molecule has 0 spiro atoms. The quantitative estimate of drug-likeness (QED) is 0.787. The van der Waals surface area contributed by atoms with E-state index < -0.39 is 29.5 Å². The van der Waals surface area contributed by atoms with Crippen LogP contribution in [-0.2, 0) is 11.0 Å². The molecule has 0 aromatic carbocycles. The molecule has 1 unspecified atom stereocenters. The highest BCUT2D eigenvalue weighted by molar-refractivity contribution is 5.80. The Hall–Kier alpha value is -2.04. The average Bonchev–Trinajstić information content (AvgIpc) is 2.60. The number of piperidine rings is 1. The Morgan fingerprint density at radius 1 is 1.15 bits per heavy atom. The minimum atomic E-state index is -4.51. The predicted octanol–water partition coefficient (Wildman–Crippen LogP) is 1.39. The van der Waals surface area contributed by atoms with E-state index in [2.05, 4.69) is 15.3 Å². The van der Waals surface area contributed by atoms with Crippen molar-refractivity contribution in [3.63, 3.8) is 0 Å². The molecule has 0 radical (unpaired) electrons. The van der Waals surface area contributed by atoms with Crippen molar-refractivity contribution < 1.29 is 26.7 Å². The number of aromatic nitrogens is 2. The standard InChI is InChI=1S/C15H18F5N5O/c16-14(17)1-2-21-9-11(14)12(26)24-3-5-25(6-4-24)13-22-7-10(8-23-13)15(18,19)20/h7-8,11,21H,1-6,9H2. The normalized spacial score (nSPS) is 23.8. The summed E-state index contributed by atoms with van der Waals surface area (Å²) in [5, 5.41) is 2.81. The van der Waals surface area contributed by atoms with Gasteiger partial charge in [0.25, 0.3) is 5.92 Å². The summed E-state index contributed by atoms with van der Waals surface area (Å²) in [5.74, 6) is -4.90. The summed E-state index contributed by atoms with van der Waals surface area (Å²) in [7, 11) is 0. The first-order valence-corrected chi connectivity index (χ1v) is 8.20. The van der Waals surface area contributed by atoms with Crippen molar-refractivity contribution in [2.75, 3.05) is 44.2 Å². The van der Waals surface area contributed by atoms with Gasteiger partial charge in [-0.05, 0) is 0 Å². The summed E-state index contributed by atoms with van der Waals surface area (Å²) in [5.41, 5.74) is -0.943. The number of nitrogens with one attached hydrogen (secondary N) is 1. The Morgan fingerprint density at radius 2 is 1.77 bits per heavy atom. The van der Waals surface area contributed by atoms with E-state index in [1.165, 1.54) is 4.90 Å². The van der Waals surface area contributed by atoms with Gasteiger partial charge >= 0.3 is 6.18 Å². The highest BCUT2D eigenvalue weighted by atomic mass is 19.4. The van der Waals surface area contributed by atoms with Gasteiger partial charge in [-0.15, -0.1) is 0 Å². The van der Waals surface area contributed by atoms with Gasteiger partial charge in [0.2, 0.25) is 11.9 Å². The third-order valence-electron chi connectivity index (χ3n) is 4.63. The third kappa shape index (κ3) is 3.87. The van der Waals surface area contributed by atoms with Gasteiger partial charge in [-0.1, -0.05) is 0 Å². The topological polar surface area (TPSA) is 61.4 Å². The molecule has 0 aliphatic carbocycles. The van der Waals surface area contributed by atoms with Crippen molar-refractivity contribution in [2.24, 2.45) is 5.92 Å². The fraction of sp³-hybridized carbons (Fsp3) is 0.667. The maximum absolute atomic E-state index is 13.9. The molecule has 26 heavy (non-hydrogen) atoms. The number of hydrogen-bond donors (Lipinski definition) is 1. The largest absolute Gasteiger partial charge is 0.419 e. The molecule has 0 saturated carbocycles. The second kappa shape index (κ2) is 6.93. The molecule has 3 rings (SSSR count). The first-order chi connectivity index (χ1) is 12.2. The molecule has 2 saturated heterocycles. The first kappa shape index (κ1) is 18.7. The molecule has 1 aromatic heterocycles. The summed E-state index contributed by atoms with van der Waals surface area (Å²) in [6, 6.07) is 0. The average molecular weight is 379 g/mol. The third-order valence-corrected chi connectivity index (χ3v) is 4.63. The lowest BCUT2D eigenvalue weighted by Gasteiger charge is -2.39. The second-order valence-electron chi connectivity index (χ2n) is 6.35. The van der Waals surface area contributed by atoms with E-state index in [4.69, 9.17) is 0 Å². The van der Waals surface area contributed by atoms with E-state index in [1.54, 1.807) is 4.90 Å². The van der Waals surface area contributed by atoms with E-state index in [9.17, 15) is 26.7 Å². The molecular formula is C15H18F5N5O. The number of carbonyl (C=O) groups excluding carboxylic acids is 1. The minimum Gasteiger partial charge on any atom is -0.339 e. The fourth-order valence-electron chi connectivity index (χ4n) is 3.07. The number of rotatable bonds is 2. The maximum atomic E-state index is 13.9. The number of halogens is 5. The molecule has 1 aromatic rings. The number of carbonyl (C=O) groups is 1. The molecule has 1 amide bonds. The Labute approximate surface area is 146 Å². The number of hydrogen-bond acceptors (Lipinski definition) is 5. The summed E-state index contributed by atoms with van der Waals surface area (Å²) >= 11 is 0. The summed E-state index contributed by atoms with van der Waals surface area (Å²) in [4.78, 5) is 22.8. The fourth-order valence-corrected chi connectivity index (χ4v) is 3.07. The van der Waals surface area contributed by atoms with Crippen molar-refractivity contribution in [1.29, 1.82) is 0 Å². The van der Waals surface area contributed by atoms with Gasteiger partial charge in [-0.2, -0.15) is 13.2 Å². The van der Waals surface area contributed by atoms with E-state index >= 15 is 0 Å². The molecule has 0 bridgehead atoms. The van der Waals surface area contributed by atoms with Crippen LogP contribution in [0.4, 0.5) is 27.9 Å². The van der Waals surface area contributed by atoms with Crippen molar-refractivity contribution in [3.05, 3.63) is 18.0 Å². The molecule has 1 atom stereocenters. The molecule has 2 aliphatic heterocycles. The van der Waals surface area contributed by atoms with Gasteiger partial charge < -0.3 is 15.1 Å². The predicted molar refractivity (Wildman–Crippen MR) is 81.8 cm³/mol. The van der Waals surface area contributed by atoms with Crippen molar-refractivity contribution in [1.82, 2.24) is 20.2 Å². The van der Waals surface area contributed by atoms with Crippen LogP contribution in [0, 0.1) is 5.92 Å². The number of anilines is 1. The molecular weight excluding hydrogens is 361 g/mol. The van der Waals surface area contributed by atoms with Crippen LogP contribution in [0.3, 0.4) is 0 Å². The molecule has 2 aliphatic rings. The Balaban J connectivity index is 1.59. The van der Waals surface area contributed by atoms with Crippen LogP contribution < -0.4 is 10.2 Å². The van der Waals surface area contributed by atoms with Gasteiger partial charge in [-0.3, -0.25) is 4.79 Å². The zero-order chi connectivity index (χ0) is 18.9. The van der Waals surface area contributed by atoms with Crippen molar-refractivity contribution >= 4 is 11.9 Å². The SMILES string of the molecule is O=C(C1CNCCC1(F)F)N1CCN(c2ncc(C(F)(F)F)cn2)CC1. The lowest BCUT2D eigenvalue weighted by atomic mass is 9.93. The number of alkyl halides is 5. The van der Waals surface area contributed by atoms with Crippen LogP contribution in [0.15, 0.2) is 12.4 Å². The Bertz CT molecular complexity index is 643. The smallest absolute Gasteiger partial charge is 0.339 e. The van der Waals surface area contributed by atoms with Gasteiger partial charge in [0, 0.05) is 58.1 Å². The molecule has 3 heterocycles. The number of nitrogens with zero attached hydrogens (tertiary/aromatic N) is 4. The minimum absolute atomic E-state index is 0.0614. The Morgan fingerprint density at radius 3 is 2.31 bits per heavy atom. The summed E-state index contributed by atoms with van der Waals surface area (Å²) in [6.07, 6.45) is -3.48. The molecule has 11 heteroatoms. The van der Waals surface area contributed by atoms with Gasteiger partial charge in [0.15, 0.2) is 0 Å². The Kier molecular flexibility index (Phi) is 5.00. The van der Waals surface area contributed by atoms with Crippen LogP contribution in [0.25, 0.3) is 0 Å². The first-order valence-electron chi connectivity index (χ1n) is 8.20. The van der Waals surface area contributed by atoms with E-state index in [0.717, 1.165) is 0 Å². The monoisotopic (exact) mass is 379 g/mol. The van der Waals surface area contributed by atoms with Crippen LogP contribution in [0.1, 0.15) is 12.0 Å². The van der Waals surface area contributed by atoms with E-state index in [0.29, 0.717) is 12.4 Å². The molecule has 2 fully saturated rings. The summed E-state index contributed by atoms with van der Waals surface area (Å²) < 4.78 is 65.5. The molecule has 6 nitrogen and oxygen atoms in total. The number of amides is 1. The highest BCUT2D eigenvalue weighted by Gasteiger charge is 2.47. The zero-order valence-electron chi connectivity index (χ0n) is 13.8. The highest BCUT2D eigenvalue weighted by Crippen LogP contribution is 2.32. The lowest BCUT2D eigenvalue weighted by Crippen LogP contribution is -2.57. The van der Waals surface area contributed by atoms with Gasteiger partial charge in [-0.25, -0.2) is 18.7 Å². The van der Waals surface area contributed by atoms with Crippen LogP contribution >= 0.6 is 0 Å². The van der Waals surface area contributed by atoms with Crippen LogP contribution in [0.2, 0.25) is 0 Å². The van der Waals surface area contributed by atoms with E-state index in [-0.39, 0.29) is 51.6 Å². The maximum Gasteiger partial charge on any atom is 0.419 e. The zero-order valence-corrected chi connectivity index (χ0v) is 13.8. The van der Waals surface area contributed by atoms with Crippen molar-refractivity contribution in [3.8, 4) is 0 Å². The van der Waals surface area contributed by atoms with Crippen molar-refractivity contribution in [2.45, 2.75) is 18.5 Å². The lowest BCUT2D eigenvalue weighted by molar-refractivity contribution is -0.154. The molecule has 144 valence electrons. The molecule has 1 N–H and O–H groups in total. The second-order valence-corrected chi connectivity index (χ2v) is 6.35. The van der Waals surface area contributed by atoms with E-state index in [1.807, 2.05) is 0 Å². The van der Waals surface area contributed by atoms with Crippen LogP contribution in [0.5, 0.6) is 0 Å². The van der Waals surface area contributed by atoms with Gasteiger partial charge in [0.05, 0.1) is 5.56 Å². The van der Waals surface area contributed by atoms with Gasteiger partial charge in [0.1, 0.15) is 5.92 Å². The van der Waals surface area contributed by atoms with Crippen LogP contribution in [-0.4, -0.2) is 66.0 Å². The summed E-state index contributed by atoms with van der Waals surface area (Å²) in [6.45, 7) is 1.03. The number of piperazine rings is 1.